The molecule has 0 radical (unpaired) electrons. The highest BCUT2D eigenvalue weighted by atomic mass is 16.6. The first-order valence-corrected chi connectivity index (χ1v) is 4.92. The Hall–Kier alpha value is -1.30. The van der Waals surface area contributed by atoms with Crippen molar-refractivity contribution >= 4 is 12.0 Å². The van der Waals surface area contributed by atoms with Crippen LogP contribution in [0.2, 0.25) is 0 Å². The van der Waals surface area contributed by atoms with Crippen molar-refractivity contribution in [2.45, 2.75) is 0 Å². The minimum absolute atomic E-state index is 0.0895. The first-order chi connectivity index (χ1) is 7.09. The molecule has 1 aliphatic heterocycles. The number of carbonyl (C=O) groups is 2. The molecular weight excluding hydrogens is 198 g/mol. The van der Waals surface area contributed by atoms with Crippen LogP contribution in [0.25, 0.3) is 0 Å². The number of amides is 2. The van der Waals surface area contributed by atoms with Gasteiger partial charge >= 0.3 is 6.09 Å². The molecule has 15 heavy (non-hydrogen) atoms. The Bertz CT molecular complexity index is 243. The van der Waals surface area contributed by atoms with Crippen LogP contribution < -0.4 is 5.32 Å². The molecule has 1 rings (SSSR count). The molecule has 0 aliphatic carbocycles. The van der Waals surface area contributed by atoms with Gasteiger partial charge in [-0.1, -0.05) is 0 Å². The van der Waals surface area contributed by atoms with Gasteiger partial charge in [0.05, 0.1) is 6.54 Å². The highest BCUT2D eigenvalue weighted by Crippen LogP contribution is 2.01. The van der Waals surface area contributed by atoms with Crippen LogP contribution in [0.5, 0.6) is 0 Å². The van der Waals surface area contributed by atoms with Crippen LogP contribution >= 0.6 is 0 Å². The van der Waals surface area contributed by atoms with E-state index in [1.165, 1.54) is 4.90 Å². The van der Waals surface area contributed by atoms with Crippen molar-refractivity contribution < 1.29 is 14.3 Å². The van der Waals surface area contributed by atoms with Gasteiger partial charge in [0, 0.05) is 13.1 Å². The predicted molar refractivity (Wildman–Crippen MR) is 54.5 cm³/mol. The molecule has 2 amide bonds. The maximum absolute atomic E-state index is 11.3. The number of nitrogens with one attached hydrogen (secondary N) is 1. The number of cyclic esters (lactones) is 1. The zero-order valence-corrected chi connectivity index (χ0v) is 9.15. The van der Waals surface area contributed by atoms with Gasteiger partial charge in [0.2, 0.25) is 5.91 Å². The number of likely N-dealkylation sites (N-methyl/N-ethyl adjacent to an activating group) is 1. The fraction of sp³-hybridized carbons (Fsp3) is 0.778. The average molecular weight is 215 g/mol. The lowest BCUT2D eigenvalue weighted by atomic mass is 10.4. The predicted octanol–water partition coefficient (Wildman–Crippen LogP) is -0.884. The smallest absolute Gasteiger partial charge is 0.410 e. The molecule has 6 heteroatoms. The molecule has 0 atom stereocenters. The lowest BCUT2D eigenvalue weighted by Gasteiger charge is -2.13. The van der Waals surface area contributed by atoms with E-state index in [-0.39, 0.29) is 12.5 Å². The topological polar surface area (TPSA) is 61.9 Å². The summed E-state index contributed by atoms with van der Waals surface area (Å²) in [5.74, 6) is -0.143. The number of carbonyl (C=O) groups excluding carboxylic acids is 2. The second-order valence-electron chi connectivity index (χ2n) is 3.69. The zero-order valence-electron chi connectivity index (χ0n) is 9.15. The van der Waals surface area contributed by atoms with E-state index < -0.39 is 6.09 Å². The summed E-state index contributed by atoms with van der Waals surface area (Å²) in [6.45, 7) is 2.35. The van der Waals surface area contributed by atoms with Crippen molar-refractivity contribution in [3.63, 3.8) is 0 Å². The molecule has 0 aromatic rings. The molecule has 0 spiro atoms. The van der Waals surface area contributed by atoms with E-state index in [1.807, 2.05) is 19.0 Å². The maximum atomic E-state index is 11.3. The largest absolute Gasteiger partial charge is 0.448 e. The van der Waals surface area contributed by atoms with E-state index in [9.17, 15) is 9.59 Å². The SMILES string of the molecule is CN(C)CCNC(=O)CN1CCOC1=O. The fourth-order valence-electron chi connectivity index (χ4n) is 1.22. The average Bonchev–Trinajstić information content (AvgIpc) is 2.51. The van der Waals surface area contributed by atoms with Gasteiger partial charge in [0.1, 0.15) is 13.2 Å². The summed E-state index contributed by atoms with van der Waals surface area (Å²) in [6, 6.07) is 0. The molecule has 1 heterocycles. The molecule has 0 bridgehead atoms. The summed E-state index contributed by atoms with van der Waals surface area (Å²) >= 11 is 0. The highest BCUT2D eigenvalue weighted by Gasteiger charge is 2.23. The summed E-state index contributed by atoms with van der Waals surface area (Å²) in [5, 5.41) is 2.73. The van der Waals surface area contributed by atoms with Crippen LogP contribution in [0.4, 0.5) is 4.79 Å². The molecular formula is C9H17N3O3. The first-order valence-electron chi connectivity index (χ1n) is 4.92. The van der Waals surface area contributed by atoms with Crippen LogP contribution in [0.15, 0.2) is 0 Å². The second kappa shape index (κ2) is 5.55. The molecule has 0 aromatic heterocycles. The first kappa shape index (κ1) is 11.8. The Labute approximate surface area is 89.2 Å². The molecule has 1 N–H and O–H groups in total. The lowest BCUT2D eigenvalue weighted by Crippen LogP contribution is -2.40. The van der Waals surface area contributed by atoms with Crippen molar-refractivity contribution in [1.82, 2.24) is 15.1 Å². The minimum atomic E-state index is -0.405. The number of nitrogens with zero attached hydrogens (tertiary/aromatic N) is 2. The highest BCUT2D eigenvalue weighted by molar-refractivity contribution is 5.82. The molecule has 0 saturated carbocycles. The van der Waals surface area contributed by atoms with Crippen molar-refractivity contribution in [2.75, 3.05) is 46.9 Å². The van der Waals surface area contributed by atoms with Crippen molar-refractivity contribution in [3.8, 4) is 0 Å². The Morgan fingerprint density at radius 1 is 1.60 bits per heavy atom. The van der Waals surface area contributed by atoms with Crippen LogP contribution in [0.1, 0.15) is 0 Å². The number of rotatable bonds is 5. The number of hydrogen-bond acceptors (Lipinski definition) is 4. The fourth-order valence-corrected chi connectivity index (χ4v) is 1.22. The Balaban J connectivity index is 2.15. The molecule has 0 aromatic carbocycles. The van der Waals surface area contributed by atoms with Crippen LogP contribution in [0.3, 0.4) is 0 Å². The van der Waals surface area contributed by atoms with E-state index in [0.717, 1.165) is 6.54 Å². The number of hydrogen-bond donors (Lipinski definition) is 1. The van der Waals surface area contributed by atoms with Gasteiger partial charge in [-0.25, -0.2) is 4.79 Å². The third-order valence-corrected chi connectivity index (χ3v) is 2.06. The van der Waals surface area contributed by atoms with Crippen molar-refractivity contribution in [1.29, 1.82) is 0 Å². The molecule has 1 fully saturated rings. The van der Waals surface area contributed by atoms with Crippen molar-refractivity contribution in [3.05, 3.63) is 0 Å². The summed E-state index contributed by atoms with van der Waals surface area (Å²) in [6.07, 6.45) is -0.405. The van der Waals surface area contributed by atoms with Gasteiger partial charge in [-0.2, -0.15) is 0 Å². The van der Waals surface area contributed by atoms with Gasteiger partial charge in [-0.05, 0) is 14.1 Å². The van der Waals surface area contributed by atoms with Gasteiger partial charge in [0.25, 0.3) is 0 Å². The van der Waals surface area contributed by atoms with Crippen LogP contribution in [-0.4, -0.2) is 68.7 Å². The van der Waals surface area contributed by atoms with Gasteiger partial charge in [-0.15, -0.1) is 0 Å². The van der Waals surface area contributed by atoms with Gasteiger partial charge < -0.3 is 15.0 Å². The Morgan fingerprint density at radius 3 is 2.87 bits per heavy atom. The monoisotopic (exact) mass is 215 g/mol. The van der Waals surface area contributed by atoms with Gasteiger partial charge in [-0.3, -0.25) is 9.69 Å². The number of ether oxygens (including phenoxy) is 1. The lowest BCUT2D eigenvalue weighted by molar-refractivity contribution is -0.121. The third-order valence-electron chi connectivity index (χ3n) is 2.06. The molecule has 86 valence electrons. The van der Waals surface area contributed by atoms with E-state index in [0.29, 0.717) is 19.7 Å². The van der Waals surface area contributed by atoms with E-state index in [4.69, 9.17) is 4.74 Å². The summed E-state index contributed by atoms with van der Waals surface area (Å²) in [7, 11) is 3.87. The molecule has 0 unspecified atom stereocenters. The molecule has 1 aliphatic rings. The standard InChI is InChI=1S/C9H17N3O3/c1-11(2)4-3-10-8(13)7-12-5-6-15-9(12)14/h3-7H2,1-2H3,(H,10,13). The normalized spacial score (nSPS) is 15.7. The Morgan fingerprint density at radius 2 is 2.33 bits per heavy atom. The quantitative estimate of drug-likeness (QED) is 0.646. The van der Waals surface area contributed by atoms with Gasteiger partial charge in [0.15, 0.2) is 0 Å². The second-order valence-corrected chi connectivity index (χ2v) is 3.69. The zero-order chi connectivity index (χ0) is 11.3. The summed E-state index contributed by atoms with van der Waals surface area (Å²) in [5.41, 5.74) is 0. The van der Waals surface area contributed by atoms with E-state index >= 15 is 0 Å². The maximum Gasteiger partial charge on any atom is 0.410 e. The van der Waals surface area contributed by atoms with Crippen LogP contribution in [-0.2, 0) is 9.53 Å². The minimum Gasteiger partial charge on any atom is -0.448 e. The molecule has 6 nitrogen and oxygen atoms in total. The van der Waals surface area contributed by atoms with Crippen molar-refractivity contribution in [2.24, 2.45) is 0 Å². The Kier molecular flexibility index (Phi) is 4.36. The van der Waals surface area contributed by atoms with E-state index in [2.05, 4.69) is 5.32 Å². The van der Waals surface area contributed by atoms with Crippen LogP contribution in [0, 0.1) is 0 Å². The molecule has 1 saturated heterocycles. The van der Waals surface area contributed by atoms with E-state index in [1.54, 1.807) is 0 Å². The summed E-state index contributed by atoms with van der Waals surface area (Å²) < 4.78 is 4.71. The third kappa shape index (κ3) is 4.16. The summed E-state index contributed by atoms with van der Waals surface area (Å²) in [4.78, 5) is 25.7.